The van der Waals surface area contributed by atoms with Crippen molar-refractivity contribution < 1.29 is 4.79 Å². The average molecular weight is 348 g/mol. The molecule has 23 heavy (non-hydrogen) atoms. The fourth-order valence-corrected chi connectivity index (χ4v) is 3.49. The maximum atomic E-state index is 12.4. The molecule has 122 valence electrons. The van der Waals surface area contributed by atoms with Crippen LogP contribution in [0, 0.1) is 13.8 Å². The highest BCUT2D eigenvalue weighted by Crippen LogP contribution is 2.26. The van der Waals surface area contributed by atoms with E-state index in [0.717, 1.165) is 10.5 Å². The van der Waals surface area contributed by atoms with Crippen molar-refractivity contribution in [2.24, 2.45) is 0 Å². The number of benzene rings is 2. The predicted octanol–water partition coefficient (Wildman–Crippen LogP) is 5.31. The second-order valence-corrected chi connectivity index (χ2v) is 7.65. The molecule has 1 amide bonds. The van der Waals surface area contributed by atoms with Crippen molar-refractivity contribution >= 4 is 29.3 Å². The molecular weight excluding hydrogens is 326 g/mol. The molecule has 0 aliphatic heterocycles. The summed E-state index contributed by atoms with van der Waals surface area (Å²) in [5.41, 5.74) is 3.60. The maximum absolute atomic E-state index is 12.4. The van der Waals surface area contributed by atoms with E-state index in [2.05, 4.69) is 37.4 Å². The molecule has 0 aliphatic carbocycles. The number of rotatable bonds is 5. The summed E-state index contributed by atoms with van der Waals surface area (Å²) in [5.74, 6) is 0.0393. The fourth-order valence-electron chi connectivity index (χ4n) is 2.49. The molecule has 4 heteroatoms. The number of halogens is 1. The Balaban J connectivity index is 1.98. The quantitative estimate of drug-likeness (QED) is 0.742. The molecule has 2 aromatic carbocycles. The van der Waals surface area contributed by atoms with Crippen molar-refractivity contribution in [2.75, 3.05) is 0 Å². The lowest BCUT2D eigenvalue weighted by atomic mass is 10.0. The minimum Gasteiger partial charge on any atom is -0.349 e. The zero-order valence-electron chi connectivity index (χ0n) is 13.9. The van der Waals surface area contributed by atoms with Crippen LogP contribution in [0.15, 0.2) is 47.4 Å². The number of aryl methyl sites for hydroxylation is 2. The van der Waals surface area contributed by atoms with Crippen LogP contribution in [0.25, 0.3) is 0 Å². The molecule has 0 spiro atoms. The Morgan fingerprint density at radius 3 is 2.35 bits per heavy atom. The van der Waals surface area contributed by atoms with E-state index in [1.807, 2.05) is 38.1 Å². The Labute approximate surface area is 147 Å². The normalized spacial score (nSPS) is 13.4. The lowest BCUT2D eigenvalue weighted by Gasteiger charge is -2.19. The summed E-state index contributed by atoms with van der Waals surface area (Å²) in [4.78, 5) is 13.5. The molecule has 0 heterocycles. The van der Waals surface area contributed by atoms with Crippen LogP contribution in [0.5, 0.6) is 0 Å². The number of hydrogen-bond acceptors (Lipinski definition) is 2. The van der Waals surface area contributed by atoms with E-state index in [4.69, 9.17) is 11.6 Å². The number of amides is 1. The van der Waals surface area contributed by atoms with Crippen molar-refractivity contribution in [3.63, 3.8) is 0 Å². The Morgan fingerprint density at radius 2 is 1.74 bits per heavy atom. The van der Waals surface area contributed by atoms with Gasteiger partial charge in [0.05, 0.1) is 11.3 Å². The molecule has 0 aliphatic rings. The van der Waals surface area contributed by atoms with E-state index >= 15 is 0 Å². The van der Waals surface area contributed by atoms with Gasteiger partial charge in [0.2, 0.25) is 5.91 Å². The van der Waals surface area contributed by atoms with Crippen LogP contribution in [0.3, 0.4) is 0 Å². The van der Waals surface area contributed by atoms with Crippen molar-refractivity contribution in [2.45, 2.75) is 43.9 Å². The molecule has 2 atom stereocenters. The first-order chi connectivity index (χ1) is 10.9. The maximum Gasteiger partial charge on any atom is 0.233 e. The van der Waals surface area contributed by atoms with Gasteiger partial charge in [0, 0.05) is 9.92 Å². The van der Waals surface area contributed by atoms with E-state index in [1.54, 1.807) is 0 Å². The minimum atomic E-state index is -0.163. The van der Waals surface area contributed by atoms with Gasteiger partial charge in [-0.05, 0) is 63.1 Å². The first-order valence-electron chi connectivity index (χ1n) is 7.66. The number of thioether (sulfide) groups is 1. The third-order valence-electron chi connectivity index (χ3n) is 3.75. The van der Waals surface area contributed by atoms with E-state index in [0.29, 0.717) is 5.02 Å². The van der Waals surface area contributed by atoms with Crippen molar-refractivity contribution in [1.82, 2.24) is 5.32 Å². The van der Waals surface area contributed by atoms with Crippen LogP contribution in [0.4, 0.5) is 0 Å². The third-order valence-corrected chi connectivity index (χ3v) is 5.11. The highest BCUT2D eigenvalue weighted by molar-refractivity contribution is 8.00. The molecule has 0 bridgehead atoms. The zero-order chi connectivity index (χ0) is 17.0. The Morgan fingerprint density at radius 1 is 1.09 bits per heavy atom. The number of hydrogen-bond donors (Lipinski definition) is 1. The fraction of sp³-hybridized carbons (Fsp3) is 0.316. The molecule has 2 nitrogen and oxygen atoms in total. The SMILES string of the molecule is Cc1ccc(C(C)NC(=O)C(C)Sc2ccc(Cl)cc2)c(C)c1. The van der Waals surface area contributed by atoms with Gasteiger partial charge in [-0.1, -0.05) is 35.4 Å². The Bertz CT molecular complexity index is 684. The third kappa shape index (κ3) is 5.02. The lowest BCUT2D eigenvalue weighted by Crippen LogP contribution is -2.33. The summed E-state index contributed by atoms with van der Waals surface area (Å²) in [6, 6.07) is 13.9. The second kappa shape index (κ2) is 7.89. The average Bonchev–Trinajstić information content (AvgIpc) is 2.49. The molecule has 0 saturated carbocycles. The zero-order valence-corrected chi connectivity index (χ0v) is 15.5. The Kier molecular flexibility index (Phi) is 6.14. The molecule has 2 rings (SSSR count). The summed E-state index contributed by atoms with van der Waals surface area (Å²) in [7, 11) is 0. The molecule has 0 aromatic heterocycles. The van der Waals surface area contributed by atoms with Crippen molar-refractivity contribution in [3.05, 3.63) is 64.2 Å². The topological polar surface area (TPSA) is 29.1 Å². The van der Waals surface area contributed by atoms with Crippen LogP contribution in [0.2, 0.25) is 5.02 Å². The van der Waals surface area contributed by atoms with Crippen molar-refractivity contribution in [1.29, 1.82) is 0 Å². The largest absolute Gasteiger partial charge is 0.349 e. The monoisotopic (exact) mass is 347 g/mol. The summed E-state index contributed by atoms with van der Waals surface area (Å²) < 4.78 is 0. The highest BCUT2D eigenvalue weighted by Gasteiger charge is 2.18. The van der Waals surface area contributed by atoms with Gasteiger partial charge in [-0.15, -0.1) is 11.8 Å². The molecular formula is C19H22ClNOS. The van der Waals surface area contributed by atoms with E-state index in [-0.39, 0.29) is 17.2 Å². The van der Waals surface area contributed by atoms with Gasteiger partial charge in [0.25, 0.3) is 0 Å². The molecule has 2 unspecified atom stereocenters. The second-order valence-electron chi connectivity index (χ2n) is 5.80. The standard InChI is InChI=1S/C19H22ClNOS/c1-12-5-10-18(13(2)11-12)14(3)21-19(22)15(4)23-17-8-6-16(20)7-9-17/h5-11,14-15H,1-4H3,(H,21,22). The summed E-state index contributed by atoms with van der Waals surface area (Å²) in [6.07, 6.45) is 0. The molecule has 0 radical (unpaired) electrons. The van der Waals surface area contributed by atoms with Crippen molar-refractivity contribution in [3.8, 4) is 0 Å². The van der Waals surface area contributed by atoms with Gasteiger partial charge in [0.1, 0.15) is 0 Å². The summed E-state index contributed by atoms with van der Waals surface area (Å²) in [5, 5.41) is 3.64. The van der Waals surface area contributed by atoms with Gasteiger partial charge in [0.15, 0.2) is 0 Å². The molecule has 0 saturated heterocycles. The Hall–Kier alpha value is -1.45. The van der Waals surface area contributed by atoms with Gasteiger partial charge in [-0.25, -0.2) is 0 Å². The van der Waals surface area contributed by atoms with Crippen LogP contribution in [0.1, 0.15) is 36.6 Å². The van der Waals surface area contributed by atoms with Crippen LogP contribution >= 0.6 is 23.4 Å². The minimum absolute atomic E-state index is 0.00336. The van der Waals surface area contributed by atoms with E-state index < -0.39 is 0 Å². The van der Waals surface area contributed by atoms with Gasteiger partial charge in [-0.3, -0.25) is 4.79 Å². The predicted molar refractivity (Wildman–Crippen MR) is 99.2 cm³/mol. The molecule has 1 N–H and O–H groups in total. The lowest BCUT2D eigenvalue weighted by molar-refractivity contribution is -0.120. The van der Waals surface area contributed by atoms with Gasteiger partial charge < -0.3 is 5.32 Å². The first-order valence-corrected chi connectivity index (χ1v) is 8.92. The number of nitrogens with one attached hydrogen (secondary N) is 1. The first kappa shape index (κ1) is 17.9. The van der Waals surface area contributed by atoms with Crippen LogP contribution in [-0.2, 0) is 4.79 Å². The number of carbonyl (C=O) groups excluding carboxylic acids is 1. The van der Waals surface area contributed by atoms with E-state index in [1.165, 1.54) is 22.9 Å². The van der Waals surface area contributed by atoms with Gasteiger partial charge >= 0.3 is 0 Å². The molecule has 2 aromatic rings. The smallest absolute Gasteiger partial charge is 0.233 e. The highest BCUT2D eigenvalue weighted by atomic mass is 35.5. The summed E-state index contributed by atoms with van der Waals surface area (Å²) in [6.45, 7) is 8.10. The molecule has 0 fully saturated rings. The van der Waals surface area contributed by atoms with Crippen LogP contribution in [-0.4, -0.2) is 11.2 Å². The van der Waals surface area contributed by atoms with Crippen LogP contribution < -0.4 is 5.32 Å². The van der Waals surface area contributed by atoms with E-state index in [9.17, 15) is 4.79 Å². The summed E-state index contributed by atoms with van der Waals surface area (Å²) >= 11 is 7.42. The number of carbonyl (C=O) groups is 1. The van der Waals surface area contributed by atoms with Gasteiger partial charge in [-0.2, -0.15) is 0 Å².